The van der Waals surface area contributed by atoms with E-state index in [1.165, 1.54) is 13.0 Å². The highest BCUT2D eigenvalue weighted by molar-refractivity contribution is 5.36. The lowest BCUT2D eigenvalue weighted by Gasteiger charge is -2.18. The Morgan fingerprint density at radius 2 is 2.13 bits per heavy atom. The first-order valence-corrected chi connectivity index (χ1v) is 4.57. The van der Waals surface area contributed by atoms with Crippen molar-refractivity contribution in [3.8, 4) is 0 Å². The average molecular weight is 206 g/mol. The molecule has 0 fully saturated rings. The summed E-state index contributed by atoms with van der Waals surface area (Å²) in [7, 11) is 0. The first-order chi connectivity index (χ1) is 7.03. The van der Waals surface area contributed by atoms with E-state index in [1.54, 1.807) is 24.3 Å². The standard InChI is InChI=1S/C10H10N2O3/c1-10(12(14)15)6-8-4-2-3-5-9(8)11(13)7-10/h2-6H,7H2,1H3. The maximum Gasteiger partial charge on any atom is 0.296 e. The number of fused-ring (bicyclic) bond motifs is 1. The Labute approximate surface area is 85.7 Å². The van der Waals surface area contributed by atoms with E-state index >= 15 is 0 Å². The Kier molecular flexibility index (Phi) is 1.96. The fourth-order valence-corrected chi connectivity index (χ4v) is 1.70. The number of nitrogens with zero attached hydrogens (tertiary/aromatic N) is 2. The van der Waals surface area contributed by atoms with E-state index in [0.717, 1.165) is 0 Å². The molecule has 15 heavy (non-hydrogen) atoms. The lowest BCUT2D eigenvalue weighted by atomic mass is 9.99. The average Bonchev–Trinajstić information content (AvgIpc) is 2.17. The number of benzene rings is 1. The van der Waals surface area contributed by atoms with E-state index in [0.29, 0.717) is 15.3 Å². The first kappa shape index (κ1) is 9.64. The molecule has 1 aromatic rings. The number of hydrogen-bond acceptors (Lipinski definition) is 3. The van der Waals surface area contributed by atoms with Crippen molar-refractivity contribution in [3.05, 3.63) is 50.2 Å². The summed E-state index contributed by atoms with van der Waals surface area (Å²) in [5, 5.41) is 23.6. The molecule has 2 rings (SSSR count). The van der Waals surface area contributed by atoms with E-state index < -0.39 is 10.5 Å². The van der Waals surface area contributed by atoms with Crippen molar-refractivity contribution in [2.24, 2.45) is 0 Å². The molecule has 0 aliphatic carbocycles. The lowest BCUT2D eigenvalue weighted by Crippen LogP contribution is -2.53. The molecule has 78 valence electrons. The molecule has 1 atom stereocenters. The van der Waals surface area contributed by atoms with Gasteiger partial charge in [0.25, 0.3) is 5.54 Å². The van der Waals surface area contributed by atoms with Gasteiger partial charge in [0.2, 0.25) is 11.9 Å². The highest BCUT2D eigenvalue weighted by atomic mass is 16.6. The molecular weight excluding hydrogens is 196 g/mol. The summed E-state index contributed by atoms with van der Waals surface area (Å²) in [5.41, 5.74) is -1.30. The van der Waals surface area contributed by atoms with Gasteiger partial charge in [-0.15, -0.1) is 0 Å². The zero-order valence-corrected chi connectivity index (χ0v) is 8.21. The topological polar surface area (TPSA) is 69.2 Å². The van der Waals surface area contributed by atoms with E-state index in [4.69, 9.17) is 0 Å². The van der Waals surface area contributed by atoms with Crippen LogP contribution < -0.4 is 15.3 Å². The van der Waals surface area contributed by atoms with Crippen molar-refractivity contribution in [3.63, 3.8) is 0 Å². The predicted molar refractivity (Wildman–Crippen MR) is 55.0 cm³/mol. The van der Waals surface area contributed by atoms with Crippen molar-refractivity contribution >= 4 is 6.08 Å². The van der Waals surface area contributed by atoms with Crippen LogP contribution >= 0.6 is 0 Å². The minimum atomic E-state index is -1.30. The Bertz CT molecular complexity index is 538. The molecule has 0 spiro atoms. The molecule has 1 aliphatic rings. The second kappa shape index (κ2) is 3.05. The third-order valence-electron chi connectivity index (χ3n) is 2.55. The summed E-state index contributed by atoms with van der Waals surface area (Å²) in [6, 6.07) is 6.88. The highest BCUT2D eigenvalue weighted by Gasteiger charge is 2.40. The number of nitro groups is 1. The maximum atomic E-state index is 11.6. The third-order valence-corrected chi connectivity index (χ3v) is 2.55. The van der Waals surface area contributed by atoms with Crippen LogP contribution in [0.4, 0.5) is 0 Å². The molecule has 0 aromatic heterocycles. The Morgan fingerprint density at radius 1 is 1.47 bits per heavy atom. The van der Waals surface area contributed by atoms with E-state index in [2.05, 4.69) is 0 Å². The van der Waals surface area contributed by atoms with E-state index in [-0.39, 0.29) is 6.54 Å². The monoisotopic (exact) mass is 206 g/mol. The molecule has 0 bridgehead atoms. The molecule has 0 amide bonds. The summed E-state index contributed by atoms with van der Waals surface area (Å²) in [6.07, 6.45) is 1.54. The molecule has 0 N–H and O–H groups in total. The predicted octanol–water partition coefficient (Wildman–Crippen LogP) is -0.495. The number of para-hydroxylation sites is 1. The molecule has 1 aliphatic heterocycles. The van der Waals surface area contributed by atoms with Crippen LogP contribution in [0.25, 0.3) is 6.08 Å². The number of hydrogen-bond donors (Lipinski definition) is 0. The van der Waals surface area contributed by atoms with Gasteiger partial charge < -0.3 is 5.21 Å². The summed E-state index contributed by atoms with van der Waals surface area (Å²) < 4.78 is 0.679. The number of hydroxylamine groups is 1. The highest BCUT2D eigenvalue weighted by Crippen LogP contribution is 2.11. The largest absolute Gasteiger partial charge is 0.623 e. The van der Waals surface area contributed by atoms with Gasteiger partial charge in [-0.25, -0.2) is 0 Å². The van der Waals surface area contributed by atoms with Crippen molar-refractivity contribution in [2.75, 3.05) is 6.54 Å². The van der Waals surface area contributed by atoms with Gasteiger partial charge in [0.15, 0.2) is 0 Å². The second-order valence-corrected chi connectivity index (χ2v) is 3.85. The van der Waals surface area contributed by atoms with Gasteiger partial charge in [-0.1, -0.05) is 12.1 Å². The van der Waals surface area contributed by atoms with E-state index in [9.17, 15) is 15.3 Å². The van der Waals surface area contributed by atoms with E-state index in [1.807, 2.05) is 0 Å². The minimum absolute atomic E-state index is 0.142. The van der Waals surface area contributed by atoms with Crippen LogP contribution in [0.2, 0.25) is 0 Å². The summed E-state index contributed by atoms with van der Waals surface area (Å²) in [5.74, 6) is 0. The quantitative estimate of drug-likeness (QED) is 0.269. The second-order valence-electron chi connectivity index (χ2n) is 3.85. The first-order valence-electron chi connectivity index (χ1n) is 4.57. The molecular formula is C10H10N2O3. The van der Waals surface area contributed by atoms with Gasteiger partial charge in [0, 0.05) is 24.0 Å². The normalized spacial score (nSPS) is 24.2. The number of rotatable bonds is 1. The van der Waals surface area contributed by atoms with Crippen molar-refractivity contribution in [1.82, 2.24) is 4.74 Å². The summed E-state index contributed by atoms with van der Waals surface area (Å²) in [4.78, 5) is 10.4. The van der Waals surface area contributed by atoms with Crippen molar-refractivity contribution in [1.29, 1.82) is 0 Å². The lowest BCUT2D eigenvalue weighted by molar-refractivity contribution is -0.543. The van der Waals surface area contributed by atoms with Crippen LogP contribution in [0.5, 0.6) is 0 Å². The van der Waals surface area contributed by atoms with Gasteiger partial charge in [-0.2, -0.15) is 4.74 Å². The third kappa shape index (κ3) is 1.45. The van der Waals surface area contributed by atoms with Crippen LogP contribution in [-0.4, -0.2) is 17.0 Å². The maximum absolute atomic E-state index is 11.6. The summed E-state index contributed by atoms with van der Waals surface area (Å²) in [6.45, 7) is 1.31. The van der Waals surface area contributed by atoms with Crippen molar-refractivity contribution < 1.29 is 4.92 Å². The zero-order valence-electron chi connectivity index (χ0n) is 8.21. The van der Waals surface area contributed by atoms with Crippen molar-refractivity contribution in [2.45, 2.75) is 12.5 Å². The van der Waals surface area contributed by atoms with Crippen LogP contribution in [0.1, 0.15) is 6.92 Å². The van der Waals surface area contributed by atoms with Gasteiger partial charge in [0.05, 0.1) is 5.22 Å². The fraction of sp³-hybridized carbons (Fsp3) is 0.300. The van der Waals surface area contributed by atoms with Crippen LogP contribution in [0.3, 0.4) is 0 Å². The Balaban J connectivity index is 2.74. The molecule has 0 radical (unpaired) electrons. The van der Waals surface area contributed by atoms with Gasteiger partial charge in [0.1, 0.15) is 0 Å². The van der Waals surface area contributed by atoms with Crippen LogP contribution in [-0.2, 0) is 0 Å². The van der Waals surface area contributed by atoms with Gasteiger partial charge >= 0.3 is 0 Å². The summed E-state index contributed by atoms with van der Waals surface area (Å²) >= 11 is 0. The molecule has 1 unspecified atom stereocenters. The fourth-order valence-electron chi connectivity index (χ4n) is 1.70. The van der Waals surface area contributed by atoms with Gasteiger partial charge in [-0.3, -0.25) is 10.1 Å². The van der Waals surface area contributed by atoms with Gasteiger partial charge in [-0.05, 0) is 6.07 Å². The van der Waals surface area contributed by atoms with Crippen LogP contribution in [0.15, 0.2) is 24.3 Å². The zero-order chi connectivity index (χ0) is 11.1. The SMILES string of the molecule is CC1([N+](=O)[O-])C=c2ccccc2=[N+]([O-])C1. The Morgan fingerprint density at radius 3 is 2.80 bits per heavy atom. The Hall–Kier alpha value is -1.91. The van der Waals surface area contributed by atoms with Crippen LogP contribution in [0, 0.1) is 15.3 Å². The molecule has 5 nitrogen and oxygen atoms in total. The molecule has 0 saturated carbocycles. The molecule has 1 heterocycles. The minimum Gasteiger partial charge on any atom is -0.623 e. The molecule has 5 heteroatoms. The molecule has 0 saturated heterocycles. The smallest absolute Gasteiger partial charge is 0.296 e. The molecule has 1 aromatic carbocycles.